The molecule has 3 unspecified atom stereocenters. The molecule has 2 rings (SSSR count). The van der Waals surface area contributed by atoms with Gasteiger partial charge in [-0.15, -0.1) is 0 Å². The van der Waals surface area contributed by atoms with Crippen LogP contribution in [0.2, 0.25) is 0 Å². The van der Waals surface area contributed by atoms with Crippen LogP contribution < -0.4 is 0 Å². The van der Waals surface area contributed by atoms with Crippen molar-refractivity contribution in [3.05, 3.63) is 22.3 Å². The molecule has 0 amide bonds. The predicted molar refractivity (Wildman–Crippen MR) is 108 cm³/mol. The van der Waals surface area contributed by atoms with E-state index in [1.54, 1.807) is 22.3 Å². The van der Waals surface area contributed by atoms with E-state index in [2.05, 4.69) is 83.1 Å². The molecule has 0 aromatic heterocycles. The lowest BCUT2D eigenvalue weighted by molar-refractivity contribution is 0.390. The van der Waals surface area contributed by atoms with Crippen molar-refractivity contribution in [1.29, 1.82) is 0 Å². The Hall–Kier alpha value is -0.520. The standard InChI is InChI=1S/2C10H18.C3H8/c2*1-6-7(2)9(4)10(5)8(6)3;1-3-2/h2*6-8H,1-5H3;3H2,1-2H3/t6?,7-,8?;6?,7-,8+;/m0../s1. The second-order valence-electron chi connectivity index (χ2n) is 8.31. The highest BCUT2D eigenvalue weighted by atomic mass is 14.4. The molecule has 0 bridgehead atoms. The lowest BCUT2D eigenvalue weighted by Crippen LogP contribution is -2.08. The molecule has 0 spiro atoms. The van der Waals surface area contributed by atoms with Crippen LogP contribution in [0.3, 0.4) is 0 Å². The molecule has 0 nitrogen and oxygen atoms in total. The van der Waals surface area contributed by atoms with Gasteiger partial charge in [0, 0.05) is 0 Å². The van der Waals surface area contributed by atoms with Crippen LogP contribution in [0.4, 0.5) is 0 Å². The van der Waals surface area contributed by atoms with E-state index >= 15 is 0 Å². The molecule has 0 heteroatoms. The average molecular weight is 321 g/mol. The lowest BCUT2D eigenvalue weighted by atomic mass is 9.90. The lowest BCUT2D eigenvalue weighted by Gasteiger charge is -2.15. The Balaban J connectivity index is 0.000000360. The van der Waals surface area contributed by atoms with Crippen molar-refractivity contribution in [2.24, 2.45) is 35.5 Å². The van der Waals surface area contributed by atoms with Crippen molar-refractivity contribution in [2.75, 3.05) is 0 Å². The smallest absolute Gasteiger partial charge is 0.0200 e. The van der Waals surface area contributed by atoms with Crippen LogP contribution in [-0.2, 0) is 0 Å². The number of hydrogen-bond donors (Lipinski definition) is 0. The van der Waals surface area contributed by atoms with Crippen LogP contribution in [0.5, 0.6) is 0 Å². The van der Waals surface area contributed by atoms with Gasteiger partial charge in [0.05, 0.1) is 0 Å². The molecule has 0 heterocycles. The van der Waals surface area contributed by atoms with Crippen LogP contribution in [-0.4, -0.2) is 0 Å². The van der Waals surface area contributed by atoms with Gasteiger partial charge in [0.2, 0.25) is 0 Å². The molecule has 0 fully saturated rings. The van der Waals surface area contributed by atoms with Crippen LogP contribution in [0.1, 0.15) is 89.5 Å². The Morgan fingerprint density at radius 3 is 0.652 bits per heavy atom. The Bertz CT molecular complexity index is 347. The van der Waals surface area contributed by atoms with Crippen LogP contribution in [0, 0.1) is 35.5 Å². The van der Waals surface area contributed by atoms with Gasteiger partial charge in [-0.3, -0.25) is 0 Å². The molecule has 23 heavy (non-hydrogen) atoms. The van der Waals surface area contributed by atoms with Crippen molar-refractivity contribution in [2.45, 2.75) is 89.5 Å². The Morgan fingerprint density at radius 2 is 0.609 bits per heavy atom. The minimum atomic E-state index is 0.815. The first-order chi connectivity index (χ1) is 10.5. The summed E-state index contributed by atoms with van der Waals surface area (Å²) in [5, 5.41) is 0. The number of allylic oxidation sites excluding steroid dienone is 4. The van der Waals surface area contributed by atoms with Gasteiger partial charge in [0.25, 0.3) is 0 Å². The normalized spacial score (nSPS) is 36.5. The Morgan fingerprint density at radius 1 is 0.478 bits per heavy atom. The van der Waals surface area contributed by atoms with E-state index in [4.69, 9.17) is 0 Å². The zero-order valence-corrected chi connectivity index (χ0v) is 18.2. The largest absolute Gasteiger partial charge is 0.0710 e. The van der Waals surface area contributed by atoms with Crippen molar-refractivity contribution >= 4 is 0 Å². The van der Waals surface area contributed by atoms with Gasteiger partial charge in [-0.05, 0) is 63.2 Å². The van der Waals surface area contributed by atoms with Gasteiger partial charge in [-0.1, -0.05) is 84.1 Å². The quantitative estimate of drug-likeness (QED) is 0.398. The zero-order valence-electron chi connectivity index (χ0n) is 18.2. The van der Waals surface area contributed by atoms with Gasteiger partial charge in [-0.25, -0.2) is 0 Å². The summed E-state index contributed by atoms with van der Waals surface area (Å²) in [6.07, 6.45) is 1.25. The minimum absolute atomic E-state index is 0.815. The second-order valence-corrected chi connectivity index (χ2v) is 8.31. The monoisotopic (exact) mass is 320 g/mol. The van der Waals surface area contributed by atoms with Gasteiger partial charge in [0.1, 0.15) is 0 Å². The molecule has 0 radical (unpaired) electrons. The van der Waals surface area contributed by atoms with E-state index in [1.807, 2.05) is 0 Å². The predicted octanol–water partition coefficient (Wildman–Crippen LogP) is 7.91. The third kappa shape index (κ3) is 5.23. The molecular formula is C23H44. The summed E-state index contributed by atoms with van der Waals surface area (Å²) in [5.74, 6) is 4.98. The number of rotatable bonds is 0. The first-order valence-electron chi connectivity index (χ1n) is 9.87. The maximum atomic E-state index is 2.36. The first kappa shape index (κ1) is 22.5. The van der Waals surface area contributed by atoms with Gasteiger partial charge >= 0.3 is 0 Å². The highest BCUT2D eigenvalue weighted by Crippen LogP contribution is 2.41. The summed E-state index contributed by atoms with van der Waals surface area (Å²) < 4.78 is 0. The molecule has 6 atom stereocenters. The van der Waals surface area contributed by atoms with Crippen molar-refractivity contribution < 1.29 is 0 Å². The fourth-order valence-electron chi connectivity index (χ4n) is 3.88. The molecular weight excluding hydrogens is 276 g/mol. The molecule has 2 aliphatic carbocycles. The van der Waals surface area contributed by atoms with Crippen LogP contribution in [0.25, 0.3) is 0 Å². The third-order valence-corrected chi connectivity index (χ3v) is 7.13. The van der Waals surface area contributed by atoms with E-state index in [9.17, 15) is 0 Å². The molecule has 2 aliphatic rings. The van der Waals surface area contributed by atoms with E-state index in [0.29, 0.717) is 0 Å². The van der Waals surface area contributed by atoms with Crippen molar-refractivity contribution in [1.82, 2.24) is 0 Å². The average Bonchev–Trinajstić information content (AvgIpc) is 2.80. The SMILES string of the molecule is CC1=C(C)[C@@H](C)C(C)C1C.CC1=C(C)[C@H](C)C(C)[C@@H]1C.CCC. The molecule has 136 valence electrons. The van der Waals surface area contributed by atoms with Gasteiger partial charge in [-0.2, -0.15) is 0 Å². The summed E-state index contributed by atoms with van der Waals surface area (Å²) in [7, 11) is 0. The molecule has 0 aromatic carbocycles. The summed E-state index contributed by atoms with van der Waals surface area (Å²) in [4.78, 5) is 0. The zero-order chi connectivity index (χ0) is 18.5. The fraction of sp³-hybridized carbons (Fsp3) is 0.826. The summed E-state index contributed by atoms with van der Waals surface area (Å²) in [6.45, 7) is 27.4. The highest BCUT2D eigenvalue weighted by Gasteiger charge is 2.30. The fourth-order valence-corrected chi connectivity index (χ4v) is 3.88. The topological polar surface area (TPSA) is 0 Å². The molecule has 0 aromatic rings. The third-order valence-electron chi connectivity index (χ3n) is 7.13. The number of hydrogen-bond acceptors (Lipinski definition) is 0. The van der Waals surface area contributed by atoms with Gasteiger partial charge < -0.3 is 0 Å². The summed E-state index contributed by atoms with van der Waals surface area (Å²) in [5.41, 5.74) is 6.50. The Labute approximate surface area is 147 Å². The van der Waals surface area contributed by atoms with E-state index in [-0.39, 0.29) is 0 Å². The summed E-state index contributed by atoms with van der Waals surface area (Å²) in [6, 6.07) is 0. The van der Waals surface area contributed by atoms with E-state index in [0.717, 1.165) is 35.5 Å². The molecule has 0 aliphatic heterocycles. The van der Waals surface area contributed by atoms with E-state index in [1.165, 1.54) is 6.42 Å². The van der Waals surface area contributed by atoms with Crippen molar-refractivity contribution in [3.8, 4) is 0 Å². The van der Waals surface area contributed by atoms with Crippen molar-refractivity contribution in [3.63, 3.8) is 0 Å². The minimum Gasteiger partial charge on any atom is -0.0710 e. The molecule has 0 saturated carbocycles. The van der Waals surface area contributed by atoms with E-state index < -0.39 is 0 Å². The van der Waals surface area contributed by atoms with Crippen LogP contribution in [0.15, 0.2) is 22.3 Å². The maximum absolute atomic E-state index is 2.36. The first-order valence-corrected chi connectivity index (χ1v) is 9.87. The van der Waals surface area contributed by atoms with Crippen LogP contribution >= 0.6 is 0 Å². The Kier molecular flexibility index (Phi) is 9.48. The molecule has 0 N–H and O–H groups in total. The summed E-state index contributed by atoms with van der Waals surface area (Å²) >= 11 is 0. The molecule has 0 saturated heterocycles. The maximum Gasteiger partial charge on any atom is -0.0200 e. The van der Waals surface area contributed by atoms with Gasteiger partial charge in [0.15, 0.2) is 0 Å². The second kappa shape index (κ2) is 9.70. The highest BCUT2D eigenvalue weighted by molar-refractivity contribution is 5.23.